The molecular formula is C17H15ClN4O3. The van der Waals surface area contributed by atoms with Crippen LogP contribution in [0.1, 0.15) is 5.89 Å². The maximum Gasteiger partial charge on any atom is 0.319 e. The first-order valence-corrected chi connectivity index (χ1v) is 7.80. The summed E-state index contributed by atoms with van der Waals surface area (Å²) < 4.78 is 10.4. The van der Waals surface area contributed by atoms with Gasteiger partial charge in [-0.05, 0) is 30.3 Å². The van der Waals surface area contributed by atoms with Gasteiger partial charge in [0.2, 0.25) is 11.7 Å². The van der Waals surface area contributed by atoms with Crippen LogP contribution in [0.5, 0.6) is 5.75 Å². The summed E-state index contributed by atoms with van der Waals surface area (Å²) in [5.41, 5.74) is 1.30. The van der Waals surface area contributed by atoms with Crippen molar-refractivity contribution < 1.29 is 14.1 Å². The van der Waals surface area contributed by atoms with Crippen LogP contribution in [0.15, 0.2) is 53.1 Å². The third-order valence-corrected chi connectivity index (χ3v) is 3.53. The lowest BCUT2D eigenvalue weighted by atomic mass is 10.2. The van der Waals surface area contributed by atoms with E-state index in [1.807, 2.05) is 24.3 Å². The minimum atomic E-state index is -0.403. The molecule has 1 heterocycles. The van der Waals surface area contributed by atoms with Gasteiger partial charge < -0.3 is 19.9 Å². The largest absolute Gasteiger partial charge is 0.496 e. The molecule has 0 atom stereocenters. The van der Waals surface area contributed by atoms with Crippen molar-refractivity contribution in [3.8, 4) is 17.1 Å². The number of aromatic nitrogens is 2. The number of ether oxygens (including phenoxy) is 1. The van der Waals surface area contributed by atoms with Crippen molar-refractivity contribution in [3.05, 3.63) is 59.4 Å². The standard InChI is InChI=1S/C17H15ClN4O3/c1-24-14-8-3-2-7-13(14)16-21-15(25-22-16)10-19-17(23)20-12-6-4-5-11(18)9-12/h2-9H,10H2,1H3,(H2,19,20,23). The van der Waals surface area contributed by atoms with Crippen LogP contribution in [0.4, 0.5) is 10.5 Å². The molecule has 128 valence electrons. The Balaban J connectivity index is 1.61. The second-order valence-electron chi connectivity index (χ2n) is 5.03. The maximum absolute atomic E-state index is 11.9. The Hall–Kier alpha value is -3.06. The van der Waals surface area contributed by atoms with E-state index in [9.17, 15) is 4.79 Å². The van der Waals surface area contributed by atoms with E-state index in [1.54, 1.807) is 31.4 Å². The smallest absolute Gasteiger partial charge is 0.319 e. The van der Waals surface area contributed by atoms with Crippen LogP contribution in [0.3, 0.4) is 0 Å². The number of hydrogen-bond acceptors (Lipinski definition) is 5. The highest BCUT2D eigenvalue weighted by atomic mass is 35.5. The first kappa shape index (κ1) is 16.8. The predicted molar refractivity (Wildman–Crippen MR) is 93.6 cm³/mol. The van der Waals surface area contributed by atoms with Crippen LogP contribution >= 0.6 is 11.6 Å². The lowest BCUT2D eigenvalue weighted by Gasteiger charge is -2.05. The van der Waals surface area contributed by atoms with Crippen molar-refractivity contribution >= 4 is 23.3 Å². The highest BCUT2D eigenvalue weighted by molar-refractivity contribution is 6.30. The number of methoxy groups -OCH3 is 1. The maximum atomic E-state index is 11.9. The molecule has 0 bridgehead atoms. The highest BCUT2D eigenvalue weighted by Gasteiger charge is 2.13. The van der Waals surface area contributed by atoms with Crippen molar-refractivity contribution in [3.63, 3.8) is 0 Å². The van der Waals surface area contributed by atoms with Gasteiger partial charge in [-0.2, -0.15) is 4.98 Å². The van der Waals surface area contributed by atoms with E-state index >= 15 is 0 Å². The quantitative estimate of drug-likeness (QED) is 0.725. The SMILES string of the molecule is COc1ccccc1-c1noc(CNC(=O)Nc2cccc(Cl)c2)n1. The molecule has 3 aromatic rings. The average Bonchev–Trinajstić information content (AvgIpc) is 3.09. The van der Waals surface area contributed by atoms with E-state index in [2.05, 4.69) is 20.8 Å². The third-order valence-electron chi connectivity index (χ3n) is 3.30. The van der Waals surface area contributed by atoms with E-state index in [1.165, 1.54) is 0 Å². The van der Waals surface area contributed by atoms with E-state index in [4.69, 9.17) is 20.9 Å². The van der Waals surface area contributed by atoms with Gasteiger partial charge in [-0.25, -0.2) is 4.79 Å². The number of urea groups is 1. The fourth-order valence-electron chi connectivity index (χ4n) is 2.16. The molecule has 0 saturated carbocycles. The molecule has 0 unspecified atom stereocenters. The first-order valence-electron chi connectivity index (χ1n) is 7.42. The Labute approximate surface area is 149 Å². The molecule has 8 heteroatoms. The monoisotopic (exact) mass is 358 g/mol. The average molecular weight is 359 g/mol. The van der Waals surface area contributed by atoms with Crippen molar-refractivity contribution in [1.82, 2.24) is 15.5 Å². The number of para-hydroxylation sites is 1. The molecule has 1 aromatic heterocycles. The third kappa shape index (κ3) is 4.27. The summed E-state index contributed by atoms with van der Waals surface area (Å²) in [6.07, 6.45) is 0. The van der Waals surface area contributed by atoms with E-state index in [0.29, 0.717) is 27.8 Å². The number of carbonyl (C=O) groups excluding carboxylic acids is 1. The van der Waals surface area contributed by atoms with Gasteiger partial charge in [0, 0.05) is 10.7 Å². The van der Waals surface area contributed by atoms with Crippen LogP contribution in [-0.4, -0.2) is 23.3 Å². The van der Waals surface area contributed by atoms with E-state index in [-0.39, 0.29) is 12.4 Å². The minimum Gasteiger partial charge on any atom is -0.496 e. The topological polar surface area (TPSA) is 89.3 Å². The van der Waals surface area contributed by atoms with Crippen LogP contribution in [0.25, 0.3) is 11.4 Å². The summed E-state index contributed by atoms with van der Waals surface area (Å²) in [5, 5.41) is 9.76. The molecule has 0 fully saturated rings. The van der Waals surface area contributed by atoms with Crippen LogP contribution in [0, 0.1) is 0 Å². The molecule has 0 aliphatic carbocycles. The van der Waals surface area contributed by atoms with Gasteiger partial charge in [0.1, 0.15) is 5.75 Å². The molecule has 0 radical (unpaired) electrons. The molecule has 0 aliphatic heterocycles. The second-order valence-corrected chi connectivity index (χ2v) is 5.47. The normalized spacial score (nSPS) is 10.3. The molecule has 0 aliphatic rings. The second kappa shape index (κ2) is 7.67. The van der Waals surface area contributed by atoms with Gasteiger partial charge in [0.15, 0.2) is 0 Å². The Kier molecular flexibility index (Phi) is 5.15. The van der Waals surface area contributed by atoms with E-state index in [0.717, 1.165) is 0 Å². The number of hydrogen-bond donors (Lipinski definition) is 2. The van der Waals surface area contributed by atoms with Gasteiger partial charge in [-0.1, -0.05) is 35.0 Å². The van der Waals surface area contributed by atoms with E-state index < -0.39 is 6.03 Å². The molecule has 7 nitrogen and oxygen atoms in total. The predicted octanol–water partition coefficient (Wildman–Crippen LogP) is 3.72. The Morgan fingerprint density at radius 1 is 1.24 bits per heavy atom. The van der Waals surface area contributed by atoms with Crippen LogP contribution in [0.2, 0.25) is 5.02 Å². The molecule has 2 aromatic carbocycles. The summed E-state index contributed by atoms with van der Waals surface area (Å²) >= 11 is 5.87. The van der Waals surface area contributed by atoms with Gasteiger partial charge in [-0.15, -0.1) is 0 Å². The summed E-state index contributed by atoms with van der Waals surface area (Å²) in [6.45, 7) is 0.0918. The fraction of sp³-hybridized carbons (Fsp3) is 0.118. The fourth-order valence-corrected chi connectivity index (χ4v) is 2.35. The molecule has 2 amide bonds. The number of halogens is 1. The highest BCUT2D eigenvalue weighted by Crippen LogP contribution is 2.26. The minimum absolute atomic E-state index is 0.0918. The Morgan fingerprint density at radius 2 is 2.08 bits per heavy atom. The molecule has 2 N–H and O–H groups in total. The molecular weight excluding hydrogens is 344 g/mol. The van der Waals surface area contributed by atoms with Gasteiger partial charge >= 0.3 is 6.03 Å². The Morgan fingerprint density at radius 3 is 2.88 bits per heavy atom. The zero-order chi connectivity index (χ0) is 17.6. The lowest BCUT2D eigenvalue weighted by molar-refractivity contribution is 0.249. The number of nitrogens with zero attached hydrogens (tertiary/aromatic N) is 2. The first-order chi connectivity index (χ1) is 12.2. The van der Waals surface area contributed by atoms with Crippen molar-refractivity contribution in [2.45, 2.75) is 6.54 Å². The number of anilines is 1. The number of carbonyl (C=O) groups is 1. The summed E-state index contributed by atoms with van der Waals surface area (Å²) in [7, 11) is 1.57. The summed E-state index contributed by atoms with van der Waals surface area (Å²) in [5.74, 6) is 1.31. The molecule has 25 heavy (non-hydrogen) atoms. The van der Waals surface area contributed by atoms with Gasteiger partial charge in [0.05, 0.1) is 19.2 Å². The number of amides is 2. The lowest BCUT2D eigenvalue weighted by Crippen LogP contribution is -2.28. The van der Waals surface area contributed by atoms with Crippen molar-refractivity contribution in [1.29, 1.82) is 0 Å². The number of benzene rings is 2. The van der Waals surface area contributed by atoms with Crippen molar-refractivity contribution in [2.75, 3.05) is 12.4 Å². The summed E-state index contributed by atoms with van der Waals surface area (Å²) in [4.78, 5) is 16.2. The zero-order valence-electron chi connectivity index (χ0n) is 13.3. The van der Waals surface area contributed by atoms with Crippen LogP contribution < -0.4 is 15.4 Å². The van der Waals surface area contributed by atoms with Gasteiger partial charge in [0.25, 0.3) is 0 Å². The number of rotatable bonds is 5. The van der Waals surface area contributed by atoms with Crippen molar-refractivity contribution in [2.24, 2.45) is 0 Å². The number of nitrogens with one attached hydrogen (secondary N) is 2. The van der Waals surface area contributed by atoms with Crippen LogP contribution in [-0.2, 0) is 6.54 Å². The van der Waals surface area contributed by atoms with Gasteiger partial charge in [-0.3, -0.25) is 0 Å². The molecule has 3 rings (SSSR count). The summed E-state index contributed by atoms with van der Waals surface area (Å²) in [6, 6.07) is 13.8. The zero-order valence-corrected chi connectivity index (χ0v) is 14.1. The molecule has 0 saturated heterocycles. The Bertz CT molecular complexity index is 882. The molecule has 0 spiro atoms.